The average Bonchev–Trinajstić information content (AvgIpc) is 2.47. The number of aromatic nitrogens is 1. The summed E-state index contributed by atoms with van der Waals surface area (Å²) in [6.07, 6.45) is 0. The van der Waals surface area contributed by atoms with Gasteiger partial charge in [-0.05, 0) is 6.92 Å². The van der Waals surface area contributed by atoms with Gasteiger partial charge in [0, 0.05) is 13.1 Å². The Morgan fingerprint density at radius 3 is 2.73 bits per heavy atom. The van der Waals surface area contributed by atoms with Gasteiger partial charge >= 0.3 is 5.97 Å². The molecule has 6 heteroatoms. The lowest BCUT2D eigenvalue weighted by Crippen LogP contribution is -2.52. The van der Waals surface area contributed by atoms with Gasteiger partial charge in [-0.2, -0.15) is 0 Å². The monoisotopic (exact) mass is 226 g/mol. The smallest absolute Gasteiger partial charge is 0.310 e. The fourth-order valence-corrected chi connectivity index (χ4v) is 2.22. The first-order valence-electron chi connectivity index (χ1n) is 4.51. The lowest BCUT2D eigenvalue weighted by molar-refractivity contribution is -0.146. The van der Waals surface area contributed by atoms with Crippen molar-refractivity contribution in [2.24, 2.45) is 5.92 Å². The van der Waals surface area contributed by atoms with Crippen LogP contribution in [0.3, 0.4) is 0 Å². The van der Waals surface area contributed by atoms with Gasteiger partial charge in [0.15, 0.2) is 0 Å². The van der Waals surface area contributed by atoms with Gasteiger partial charge in [-0.1, -0.05) is 0 Å². The minimum Gasteiger partial charge on any atom is -0.481 e. The first-order chi connectivity index (χ1) is 7.09. The van der Waals surface area contributed by atoms with E-state index in [4.69, 9.17) is 5.11 Å². The largest absolute Gasteiger partial charge is 0.481 e. The number of likely N-dealkylation sites (tertiary alicyclic amines) is 1. The van der Waals surface area contributed by atoms with E-state index in [1.165, 1.54) is 11.3 Å². The van der Waals surface area contributed by atoms with Crippen LogP contribution >= 0.6 is 11.3 Å². The van der Waals surface area contributed by atoms with Crippen molar-refractivity contribution in [1.29, 1.82) is 0 Å². The Morgan fingerprint density at radius 2 is 2.27 bits per heavy atom. The molecule has 1 fully saturated rings. The van der Waals surface area contributed by atoms with Crippen LogP contribution < -0.4 is 0 Å². The molecule has 0 aliphatic carbocycles. The maximum Gasteiger partial charge on any atom is 0.310 e. The zero-order valence-electron chi connectivity index (χ0n) is 8.14. The number of aliphatic carboxylic acids is 1. The Balaban J connectivity index is 2.01. The highest BCUT2D eigenvalue weighted by Crippen LogP contribution is 2.22. The third-order valence-corrected chi connectivity index (χ3v) is 3.37. The summed E-state index contributed by atoms with van der Waals surface area (Å²) in [7, 11) is 0. The molecule has 1 aromatic heterocycles. The van der Waals surface area contributed by atoms with Gasteiger partial charge in [0.05, 0.1) is 17.1 Å². The van der Waals surface area contributed by atoms with Crippen molar-refractivity contribution in [2.45, 2.75) is 6.92 Å². The van der Waals surface area contributed by atoms with E-state index in [0.717, 1.165) is 0 Å². The SMILES string of the molecule is Cc1ncsc1C(=O)N1CC(C(=O)O)C1. The van der Waals surface area contributed by atoms with Gasteiger partial charge in [0.2, 0.25) is 0 Å². The summed E-state index contributed by atoms with van der Waals surface area (Å²) in [6, 6.07) is 0. The van der Waals surface area contributed by atoms with Crippen molar-refractivity contribution in [2.75, 3.05) is 13.1 Å². The predicted octanol–water partition coefficient (Wildman–Crippen LogP) is 0.608. The fraction of sp³-hybridized carbons (Fsp3) is 0.444. The highest BCUT2D eigenvalue weighted by molar-refractivity contribution is 7.11. The highest BCUT2D eigenvalue weighted by atomic mass is 32.1. The number of amides is 1. The summed E-state index contributed by atoms with van der Waals surface area (Å²) in [4.78, 5) is 28.5. The molecule has 0 atom stereocenters. The minimum atomic E-state index is -0.833. The molecule has 1 amide bonds. The fourth-order valence-electron chi connectivity index (χ4n) is 1.45. The Bertz CT molecular complexity index is 409. The second-order valence-electron chi connectivity index (χ2n) is 3.51. The molecule has 2 heterocycles. The second-order valence-corrected chi connectivity index (χ2v) is 4.37. The van der Waals surface area contributed by atoms with Crippen molar-refractivity contribution in [1.82, 2.24) is 9.88 Å². The van der Waals surface area contributed by atoms with Crippen molar-refractivity contribution in [3.05, 3.63) is 16.1 Å². The van der Waals surface area contributed by atoms with Crippen LogP contribution in [-0.4, -0.2) is 40.0 Å². The molecule has 15 heavy (non-hydrogen) atoms. The number of hydrogen-bond acceptors (Lipinski definition) is 4. The van der Waals surface area contributed by atoms with Gasteiger partial charge in [0.25, 0.3) is 5.91 Å². The van der Waals surface area contributed by atoms with Crippen LogP contribution in [0.5, 0.6) is 0 Å². The van der Waals surface area contributed by atoms with Crippen molar-refractivity contribution < 1.29 is 14.7 Å². The number of rotatable bonds is 2. The number of carboxylic acid groups (broad SMARTS) is 1. The number of carbonyl (C=O) groups excluding carboxylic acids is 1. The van der Waals surface area contributed by atoms with E-state index < -0.39 is 11.9 Å². The molecule has 1 N–H and O–H groups in total. The highest BCUT2D eigenvalue weighted by Gasteiger charge is 2.36. The van der Waals surface area contributed by atoms with Crippen molar-refractivity contribution in [3.63, 3.8) is 0 Å². The van der Waals surface area contributed by atoms with Gasteiger partial charge in [-0.15, -0.1) is 11.3 Å². The summed E-state index contributed by atoms with van der Waals surface area (Å²) in [5.41, 5.74) is 2.33. The number of nitrogens with zero attached hydrogens (tertiary/aromatic N) is 2. The Morgan fingerprint density at radius 1 is 1.60 bits per heavy atom. The lowest BCUT2D eigenvalue weighted by atomic mass is 10.0. The molecule has 80 valence electrons. The lowest BCUT2D eigenvalue weighted by Gasteiger charge is -2.36. The van der Waals surface area contributed by atoms with Crippen LogP contribution in [0.4, 0.5) is 0 Å². The molecule has 1 aromatic rings. The zero-order chi connectivity index (χ0) is 11.0. The van der Waals surface area contributed by atoms with Gasteiger partial charge in [-0.3, -0.25) is 9.59 Å². The van der Waals surface area contributed by atoms with Crippen LogP contribution in [0.2, 0.25) is 0 Å². The van der Waals surface area contributed by atoms with Crippen molar-refractivity contribution >= 4 is 23.2 Å². The molecular weight excluding hydrogens is 216 g/mol. The second kappa shape index (κ2) is 3.62. The van der Waals surface area contributed by atoms with Crippen LogP contribution in [-0.2, 0) is 4.79 Å². The van der Waals surface area contributed by atoms with Gasteiger partial charge in [0.1, 0.15) is 4.88 Å². The Kier molecular flexibility index (Phi) is 2.44. The molecule has 2 rings (SSSR count). The van der Waals surface area contributed by atoms with E-state index in [0.29, 0.717) is 23.7 Å². The number of carbonyl (C=O) groups is 2. The summed E-state index contributed by atoms with van der Waals surface area (Å²) in [5, 5.41) is 8.67. The van der Waals surface area contributed by atoms with E-state index in [9.17, 15) is 9.59 Å². The molecule has 0 unspecified atom stereocenters. The van der Waals surface area contributed by atoms with Crippen molar-refractivity contribution in [3.8, 4) is 0 Å². The first-order valence-corrected chi connectivity index (χ1v) is 5.39. The van der Waals surface area contributed by atoms with Gasteiger partial charge < -0.3 is 10.0 Å². The van der Waals surface area contributed by atoms with E-state index in [1.54, 1.807) is 17.3 Å². The zero-order valence-corrected chi connectivity index (χ0v) is 8.95. The summed E-state index contributed by atoms with van der Waals surface area (Å²) < 4.78 is 0. The third kappa shape index (κ3) is 1.72. The molecular formula is C9H10N2O3S. The Hall–Kier alpha value is -1.43. The van der Waals surface area contributed by atoms with Crippen LogP contribution in [0.15, 0.2) is 5.51 Å². The molecule has 0 bridgehead atoms. The van der Waals surface area contributed by atoms with E-state index in [1.807, 2.05) is 0 Å². The normalized spacial score (nSPS) is 16.2. The Labute approximate surface area is 90.4 Å². The number of hydrogen-bond donors (Lipinski definition) is 1. The predicted molar refractivity (Wildman–Crippen MR) is 53.9 cm³/mol. The average molecular weight is 226 g/mol. The summed E-state index contributed by atoms with van der Waals surface area (Å²) in [6.45, 7) is 2.40. The van der Waals surface area contributed by atoms with E-state index in [2.05, 4.69) is 4.98 Å². The molecule has 1 aliphatic rings. The van der Waals surface area contributed by atoms with Crippen LogP contribution in [0.25, 0.3) is 0 Å². The number of aryl methyl sites for hydroxylation is 1. The van der Waals surface area contributed by atoms with Crippen LogP contribution in [0, 0.1) is 12.8 Å². The standard InChI is InChI=1S/C9H10N2O3S/c1-5-7(15-4-10-5)8(12)11-2-6(3-11)9(13)14/h4,6H,2-3H2,1H3,(H,13,14). The maximum atomic E-state index is 11.8. The molecule has 0 radical (unpaired) electrons. The maximum absolute atomic E-state index is 11.8. The third-order valence-electron chi connectivity index (χ3n) is 2.46. The topological polar surface area (TPSA) is 70.5 Å². The minimum absolute atomic E-state index is 0.104. The number of thiazole rings is 1. The summed E-state index contributed by atoms with van der Waals surface area (Å²) in [5.74, 6) is -1.34. The van der Waals surface area contributed by atoms with Gasteiger partial charge in [-0.25, -0.2) is 4.98 Å². The van der Waals surface area contributed by atoms with E-state index >= 15 is 0 Å². The molecule has 0 spiro atoms. The van der Waals surface area contributed by atoms with E-state index in [-0.39, 0.29) is 5.91 Å². The van der Waals surface area contributed by atoms with Crippen LogP contribution in [0.1, 0.15) is 15.4 Å². The summed E-state index contributed by atoms with van der Waals surface area (Å²) >= 11 is 1.30. The molecule has 1 aliphatic heterocycles. The first kappa shape index (κ1) is 10.1. The molecule has 5 nitrogen and oxygen atoms in total. The quantitative estimate of drug-likeness (QED) is 0.802. The number of carboxylic acids is 1. The molecule has 0 aromatic carbocycles. The molecule has 1 saturated heterocycles. The molecule has 0 saturated carbocycles.